The summed E-state index contributed by atoms with van der Waals surface area (Å²) in [6, 6.07) is 1.59. The molecule has 0 fully saturated rings. The molecule has 1 heterocycles. The zero-order valence-corrected chi connectivity index (χ0v) is 19.2. The summed E-state index contributed by atoms with van der Waals surface area (Å²) in [5, 5.41) is 7.58. The highest BCUT2D eigenvalue weighted by Crippen LogP contribution is 2.36. The topological polar surface area (TPSA) is 122 Å². The Balaban J connectivity index is 2.69. The molecule has 0 saturated carbocycles. The lowest BCUT2D eigenvalue weighted by Crippen LogP contribution is -2.44. The molecule has 29 heavy (non-hydrogen) atoms. The minimum absolute atomic E-state index is 0.0807. The normalized spacial score (nSPS) is 11.7. The Morgan fingerprint density at radius 1 is 1.34 bits per heavy atom. The Bertz CT molecular complexity index is 737. The van der Waals surface area contributed by atoms with E-state index in [0.717, 1.165) is 0 Å². The number of carbonyl (C=O) groups excluding carboxylic acids is 2. The van der Waals surface area contributed by atoms with Crippen LogP contribution in [0.5, 0.6) is 0 Å². The number of aryl methyl sites for hydroxylation is 1. The van der Waals surface area contributed by atoms with Crippen molar-refractivity contribution < 1.29 is 18.8 Å². The van der Waals surface area contributed by atoms with Gasteiger partial charge in [-0.2, -0.15) is 5.10 Å². The molecule has 0 atom stereocenters. The van der Waals surface area contributed by atoms with Crippen molar-refractivity contribution in [1.82, 2.24) is 14.7 Å². The first kappa shape index (κ1) is 24.7. The fraction of sp³-hybridized carbons (Fsp3) is 0.722. The second-order valence-corrected chi connectivity index (χ2v) is 13.0. The number of esters is 1. The van der Waals surface area contributed by atoms with Gasteiger partial charge in [0.25, 0.3) is 0 Å². The predicted molar refractivity (Wildman–Crippen MR) is 112 cm³/mol. The molecule has 1 rings (SSSR count). The molecule has 0 aliphatic rings. The first-order chi connectivity index (χ1) is 13.5. The van der Waals surface area contributed by atoms with Gasteiger partial charge in [-0.1, -0.05) is 25.9 Å². The summed E-state index contributed by atoms with van der Waals surface area (Å²) in [6.07, 6.45) is 2.11. The Morgan fingerprint density at radius 3 is 2.62 bits per heavy atom. The Kier molecular flexibility index (Phi) is 9.35. The monoisotopic (exact) mass is 424 g/mol. The number of nitrogens with zero attached hydrogens (tertiary/aromatic N) is 6. The van der Waals surface area contributed by atoms with Gasteiger partial charge >= 0.3 is 5.97 Å². The quantitative estimate of drug-likeness (QED) is 0.177. The molecule has 1 aromatic heterocycles. The largest absolute Gasteiger partial charge is 0.464 e. The van der Waals surface area contributed by atoms with Crippen LogP contribution in [-0.4, -0.2) is 68.2 Å². The minimum atomic E-state index is -1.92. The third-order valence-electron chi connectivity index (χ3n) is 5.16. The Labute approximate surface area is 172 Å². The van der Waals surface area contributed by atoms with Crippen molar-refractivity contribution in [2.24, 2.45) is 5.11 Å². The number of hydrogen-bond donors (Lipinski definition) is 0. The summed E-state index contributed by atoms with van der Waals surface area (Å²) in [6.45, 7) is 12.3. The average Bonchev–Trinajstić information content (AvgIpc) is 3.11. The molecule has 10 nitrogen and oxygen atoms in total. The lowest BCUT2D eigenvalue weighted by atomic mass is 10.2. The smallest absolute Gasteiger partial charge is 0.356 e. The highest BCUT2D eigenvalue weighted by atomic mass is 28.4. The average molecular weight is 425 g/mol. The molecular weight excluding hydrogens is 392 g/mol. The zero-order valence-electron chi connectivity index (χ0n) is 18.2. The molecule has 0 N–H and O–H groups in total. The second-order valence-electron chi connectivity index (χ2n) is 8.16. The third-order valence-corrected chi connectivity index (χ3v) is 9.70. The summed E-state index contributed by atoms with van der Waals surface area (Å²) in [7, 11) is -0.599. The van der Waals surface area contributed by atoms with Crippen molar-refractivity contribution in [3.05, 3.63) is 28.4 Å². The molecule has 0 saturated heterocycles. The molecule has 0 aromatic carbocycles. The van der Waals surface area contributed by atoms with Crippen LogP contribution < -0.4 is 0 Å². The van der Waals surface area contributed by atoms with Gasteiger partial charge in [-0.3, -0.25) is 9.48 Å². The number of ether oxygens (including phenoxy) is 1. The molecule has 0 aliphatic heterocycles. The number of aromatic nitrogens is 2. The Morgan fingerprint density at radius 2 is 2.03 bits per heavy atom. The van der Waals surface area contributed by atoms with Gasteiger partial charge < -0.3 is 14.1 Å². The molecule has 11 heteroatoms. The van der Waals surface area contributed by atoms with Gasteiger partial charge in [0.2, 0.25) is 5.91 Å². The van der Waals surface area contributed by atoms with Crippen LogP contribution in [0.15, 0.2) is 17.4 Å². The van der Waals surface area contributed by atoms with Crippen LogP contribution in [0.25, 0.3) is 10.4 Å². The van der Waals surface area contributed by atoms with E-state index in [1.165, 1.54) is 13.3 Å². The molecular formula is C18H32N6O4Si. The number of rotatable bonds is 11. The van der Waals surface area contributed by atoms with Crippen molar-refractivity contribution in [3.8, 4) is 0 Å². The van der Waals surface area contributed by atoms with E-state index < -0.39 is 14.3 Å². The number of amides is 1. The molecule has 0 aliphatic carbocycles. The lowest BCUT2D eigenvalue weighted by molar-refractivity contribution is -0.130. The van der Waals surface area contributed by atoms with E-state index >= 15 is 0 Å². The summed E-state index contributed by atoms with van der Waals surface area (Å²) in [4.78, 5) is 28.4. The second kappa shape index (κ2) is 11.0. The third kappa shape index (κ3) is 7.52. The molecule has 1 amide bonds. The Hall–Kier alpha value is -2.36. The van der Waals surface area contributed by atoms with E-state index in [1.54, 1.807) is 15.6 Å². The number of azide groups is 1. The first-order valence-corrected chi connectivity index (χ1v) is 12.5. The van der Waals surface area contributed by atoms with Crippen molar-refractivity contribution in [2.75, 3.05) is 33.4 Å². The van der Waals surface area contributed by atoms with Crippen LogP contribution in [0, 0.1) is 0 Å². The van der Waals surface area contributed by atoms with Crippen molar-refractivity contribution >= 4 is 20.2 Å². The van der Waals surface area contributed by atoms with Gasteiger partial charge in [-0.05, 0) is 36.2 Å². The van der Waals surface area contributed by atoms with Crippen molar-refractivity contribution in [2.45, 2.75) is 51.9 Å². The fourth-order valence-corrected chi connectivity index (χ4v) is 3.42. The first-order valence-electron chi connectivity index (χ1n) is 9.56. The standard InChI is InChI=1S/C18H32N6O4Si/c1-18(2,3)29(5,6)28-13-12-23(16(25)14-20-22-19)10-7-11-24-15(8-9-21-24)17(26)27-4/h8-9H,7,10-14H2,1-6H3. The SMILES string of the molecule is COC(=O)c1ccnn1CCCN(CCO[Si](C)(C)C(C)(C)C)C(=O)CN=[N+]=[N-]. The van der Waals surface area contributed by atoms with Crippen LogP contribution in [-0.2, 0) is 20.5 Å². The summed E-state index contributed by atoms with van der Waals surface area (Å²) in [5.41, 5.74) is 8.85. The molecule has 0 radical (unpaired) electrons. The maximum atomic E-state index is 12.4. The van der Waals surface area contributed by atoms with E-state index in [4.69, 9.17) is 14.7 Å². The van der Waals surface area contributed by atoms with E-state index in [9.17, 15) is 9.59 Å². The molecule has 0 unspecified atom stereocenters. The zero-order chi connectivity index (χ0) is 22.1. The van der Waals surface area contributed by atoms with E-state index in [1.807, 2.05) is 0 Å². The van der Waals surface area contributed by atoms with Crippen LogP contribution in [0.1, 0.15) is 37.7 Å². The molecule has 162 valence electrons. The van der Waals surface area contributed by atoms with Crippen LogP contribution in [0.3, 0.4) is 0 Å². The van der Waals surface area contributed by atoms with E-state index in [0.29, 0.717) is 38.4 Å². The van der Waals surface area contributed by atoms with Gasteiger partial charge in [-0.15, -0.1) is 0 Å². The summed E-state index contributed by atoms with van der Waals surface area (Å²) < 4.78 is 12.4. The van der Waals surface area contributed by atoms with Gasteiger partial charge in [-0.25, -0.2) is 4.79 Å². The summed E-state index contributed by atoms with van der Waals surface area (Å²) in [5.74, 6) is -0.711. The highest BCUT2D eigenvalue weighted by Gasteiger charge is 2.37. The fourth-order valence-electron chi connectivity index (χ4n) is 2.38. The number of carbonyl (C=O) groups is 2. The number of hydrogen-bond acceptors (Lipinski definition) is 6. The number of methoxy groups -OCH3 is 1. The van der Waals surface area contributed by atoms with Gasteiger partial charge in [0.15, 0.2) is 8.32 Å². The van der Waals surface area contributed by atoms with Gasteiger partial charge in [0.05, 0.1) is 13.7 Å². The maximum absolute atomic E-state index is 12.4. The van der Waals surface area contributed by atoms with Gasteiger partial charge in [0, 0.05) is 30.7 Å². The lowest BCUT2D eigenvalue weighted by Gasteiger charge is -2.36. The van der Waals surface area contributed by atoms with Crippen molar-refractivity contribution in [3.63, 3.8) is 0 Å². The minimum Gasteiger partial charge on any atom is -0.464 e. The van der Waals surface area contributed by atoms with Crippen LogP contribution in [0.4, 0.5) is 0 Å². The summed E-state index contributed by atoms with van der Waals surface area (Å²) >= 11 is 0. The highest BCUT2D eigenvalue weighted by molar-refractivity contribution is 6.74. The van der Waals surface area contributed by atoms with Crippen LogP contribution in [0.2, 0.25) is 18.1 Å². The maximum Gasteiger partial charge on any atom is 0.356 e. The molecule has 0 spiro atoms. The van der Waals surface area contributed by atoms with Crippen molar-refractivity contribution in [1.29, 1.82) is 0 Å². The van der Waals surface area contributed by atoms with Crippen LogP contribution >= 0.6 is 0 Å². The van der Waals surface area contributed by atoms with Gasteiger partial charge in [0.1, 0.15) is 12.2 Å². The predicted octanol–water partition coefficient (Wildman–Crippen LogP) is 3.22. The molecule has 1 aromatic rings. The van der Waals surface area contributed by atoms with E-state index in [-0.39, 0.29) is 17.5 Å². The molecule has 0 bridgehead atoms. The van der Waals surface area contributed by atoms with E-state index in [2.05, 4.69) is 49.0 Å².